The third-order valence-corrected chi connectivity index (χ3v) is 13.7. The van der Waals surface area contributed by atoms with Gasteiger partial charge in [-0.05, 0) is 42.4 Å². The molecule has 5 aromatic rings. The van der Waals surface area contributed by atoms with Crippen molar-refractivity contribution in [1.82, 2.24) is 14.9 Å². The first kappa shape index (κ1) is 25.1. The van der Waals surface area contributed by atoms with Gasteiger partial charge in [0, 0.05) is 33.5 Å². The fourth-order valence-corrected chi connectivity index (χ4v) is 7.54. The van der Waals surface area contributed by atoms with Crippen molar-refractivity contribution < 1.29 is 18.8 Å². The van der Waals surface area contributed by atoms with E-state index in [1.807, 2.05) is 36.4 Å². The molecule has 0 saturated heterocycles. The van der Waals surface area contributed by atoms with Crippen LogP contribution in [0.15, 0.2) is 54.6 Å². The van der Waals surface area contributed by atoms with Gasteiger partial charge in [-0.3, -0.25) is 14.9 Å². The van der Waals surface area contributed by atoms with Crippen LogP contribution in [0, 0.1) is 0 Å². The van der Waals surface area contributed by atoms with E-state index in [1.165, 1.54) is 0 Å². The maximum atomic E-state index is 13.4. The number of nitrogens with zero attached hydrogens (tertiary/aromatic N) is 1. The van der Waals surface area contributed by atoms with Crippen molar-refractivity contribution in [1.29, 1.82) is 0 Å². The summed E-state index contributed by atoms with van der Waals surface area (Å²) in [5.41, 5.74) is 4.56. The number of para-hydroxylation sites is 1. The summed E-state index contributed by atoms with van der Waals surface area (Å²) >= 11 is 0. The Bertz CT molecular complexity index is 1940. The highest BCUT2D eigenvalue weighted by Gasteiger charge is 2.41. The zero-order chi connectivity index (χ0) is 28.1. The first-order valence-electron chi connectivity index (χ1n) is 13.8. The molecule has 3 heterocycles. The molecule has 2 aromatic heterocycles. The summed E-state index contributed by atoms with van der Waals surface area (Å²) in [7, 11) is -0.336. The quantitative estimate of drug-likeness (QED) is 0.140. The van der Waals surface area contributed by atoms with Crippen LogP contribution < -0.4 is 10.1 Å². The largest absolute Gasteiger partial charge is 0.497 e. The fraction of sp³-hybridized carbons (Fsp3) is 0.312. The van der Waals surface area contributed by atoms with Gasteiger partial charge in [-0.1, -0.05) is 51.1 Å². The number of rotatable bonds is 4. The highest BCUT2D eigenvalue weighted by Crippen LogP contribution is 2.47. The molecule has 40 heavy (non-hydrogen) atoms. The van der Waals surface area contributed by atoms with Crippen LogP contribution in [0.4, 0.5) is 0 Å². The van der Waals surface area contributed by atoms with Crippen molar-refractivity contribution in [3.8, 4) is 5.75 Å². The minimum absolute atomic E-state index is 0.00847. The summed E-state index contributed by atoms with van der Waals surface area (Å²) < 4.78 is 14.7. The van der Waals surface area contributed by atoms with Gasteiger partial charge in [0.1, 0.15) is 5.75 Å². The van der Waals surface area contributed by atoms with E-state index in [1.54, 1.807) is 7.11 Å². The van der Waals surface area contributed by atoms with Crippen molar-refractivity contribution in [3.05, 3.63) is 65.7 Å². The molecule has 7 nitrogen and oxygen atoms in total. The molecular formula is C32H33N3O4Si. The van der Waals surface area contributed by atoms with Crippen molar-refractivity contribution >= 4 is 63.7 Å². The second-order valence-electron chi connectivity index (χ2n) is 12.5. The first-order chi connectivity index (χ1) is 19.0. The van der Waals surface area contributed by atoms with Gasteiger partial charge in [0.2, 0.25) is 0 Å². The molecule has 0 unspecified atom stereocenters. The van der Waals surface area contributed by atoms with Crippen LogP contribution in [0.3, 0.4) is 0 Å². The Morgan fingerprint density at radius 2 is 1.68 bits per heavy atom. The van der Waals surface area contributed by atoms with E-state index in [2.05, 4.69) is 67.0 Å². The van der Waals surface area contributed by atoms with Crippen molar-refractivity contribution in [3.63, 3.8) is 0 Å². The number of hydrogen-bond acceptors (Lipinski definition) is 4. The van der Waals surface area contributed by atoms with Gasteiger partial charge in [-0.15, -0.1) is 0 Å². The zero-order valence-electron chi connectivity index (χ0n) is 23.6. The highest BCUT2D eigenvalue weighted by molar-refractivity contribution is 6.74. The lowest BCUT2D eigenvalue weighted by molar-refractivity contribution is 0.0880. The molecule has 0 saturated carbocycles. The number of allylic oxidation sites excluding steroid dienone is 1. The molecule has 0 bridgehead atoms. The third kappa shape index (κ3) is 3.39. The monoisotopic (exact) mass is 551 g/mol. The van der Waals surface area contributed by atoms with E-state index in [0.29, 0.717) is 16.9 Å². The maximum absolute atomic E-state index is 13.4. The number of ether oxygens (including phenoxy) is 1. The smallest absolute Gasteiger partial charge is 0.259 e. The molecule has 2 N–H and O–H groups in total. The molecular weight excluding hydrogens is 518 g/mol. The number of carbonyl (C=O) groups excluding carboxylic acids is 2. The second-order valence-corrected chi connectivity index (χ2v) is 17.3. The maximum Gasteiger partial charge on any atom is 0.259 e. The standard InChI is InChI=1S/C32H33N3O4Si/c1-32(2,3)40(5,6)39-19-12-11-17(15-19)35-23-14-13-18(38-4)16-21(23)25-27-26(30(36)34-31(27)37)24-20-9-7-8-10-22(20)33-28(24)29(25)35/h7-14,16-17,19,33H,15H2,1-6H3,(H,34,36,37)/t17-,19+/m0/s1. The van der Waals surface area contributed by atoms with Gasteiger partial charge in [0.05, 0.1) is 46.9 Å². The van der Waals surface area contributed by atoms with Crippen molar-refractivity contribution in [2.75, 3.05) is 7.11 Å². The molecule has 204 valence electrons. The summed E-state index contributed by atoms with van der Waals surface area (Å²) in [6.45, 7) is 11.3. The number of hydrogen-bond donors (Lipinski definition) is 2. The van der Waals surface area contributed by atoms with Gasteiger partial charge in [0.15, 0.2) is 8.32 Å². The summed E-state index contributed by atoms with van der Waals surface area (Å²) in [6.07, 6.45) is 5.22. The van der Waals surface area contributed by atoms with Gasteiger partial charge in [0.25, 0.3) is 11.8 Å². The number of fused-ring (bicyclic) bond motifs is 10. The molecule has 7 rings (SSSR count). The summed E-state index contributed by atoms with van der Waals surface area (Å²) in [5.74, 6) is -0.0212. The molecule has 0 fully saturated rings. The fourth-order valence-electron chi connectivity index (χ4n) is 6.26. The Balaban J connectivity index is 1.54. The molecule has 8 heteroatoms. The normalized spacial score (nSPS) is 19.4. The number of H-pyrrole nitrogens is 1. The molecule has 2 aliphatic rings. The molecule has 2 amide bonds. The second kappa shape index (κ2) is 8.31. The zero-order valence-corrected chi connectivity index (χ0v) is 24.6. The van der Waals surface area contributed by atoms with Gasteiger partial charge >= 0.3 is 0 Å². The summed E-state index contributed by atoms with van der Waals surface area (Å²) in [6, 6.07) is 13.9. The summed E-state index contributed by atoms with van der Waals surface area (Å²) in [4.78, 5) is 30.3. The van der Waals surface area contributed by atoms with Crippen molar-refractivity contribution in [2.24, 2.45) is 0 Å². The van der Waals surface area contributed by atoms with E-state index in [0.717, 1.165) is 50.0 Å². The number of methoxy groups -OCH3 is 1. The predicted octanol–water partition coefficient (Wildman–Crippen LogP) is 7.21. The van der Waals surface area contributed by atoms with Gasteiger partial charge in [-0.25, -0.2) is 0 Å². The Morgan fingerprint density at radius 1 is 0.950 bits per heavy atom. The Morgan fingerprint density at radius 3 is 2.40 bits per heavy atom. The summed E-state index contributed by atoms with van der Waals surface area (Å²) in [5, 5.41) is 6.06. The van der Waals surface area contributed by atoms with Crippen LogP contribution >= 0.6 is 0 Å². The van der Waals surface area contributed by atoms with E-state index < -0.39 is 8.32 Å². The van der Waals surface area contributed by atoms with Crippen LogP contribution in [-0.4, -0.2) is 42.9 Å². The molecule has 2 atom stereocenters. The van der Waals surface area contributed by atoms with Crippen LogP contribution in [0.25, 0.3) is 43.6 Å². The highest BCUT2D eigenvalue weighted by atomic mass is 28.4. The minimum Gasteiger partial charge on any atom is -0.497 e. The number of carbonyl (C=O) groups is 2. The van der Waals surface area contributed by atoms with Gasteiger partial charge in [-0.2, -0.15) is 0 Å². The third-order valence-electron chi connectivity index (χ3n) is 9.19. The molecule has 0 radical (unpaired) electrons. The number of aromatic amines is 1. The van der Waals surface area contributed by atoms with E-state index in [4.69, 9.17) is 9.16 Å². The van der Waals surface area contributed by atoms with E-state index in [9.17, 15) is 9.59 Å². The first-order valence-corrected chi connectivity index (χ1v) is 16.7. The van der Waals surface area contributed by atoms with Crippen molar-refractivity contribution in [2.45, 2.75) is 57.5 Å². The SMILES string of the molecule is COc1ccc2c(c1)c1c3c(c4c5ccccc5[nH]c4c1n2[C@H]1C=C[C@@H](O[Si](C)(C)C(C)(C)C)C1)C(=O)NC3=O. The Labute approximate surface area is 233 Å². The molecule has 0 spiro atoms. The Hall–Kier alpha value is -3.88. The number of amides is 2. The lowest BCUT2D eigenvalue weighted by Crippen LogP contribution is -2.43. The Kier molecular flexibility index (Phi) is 5.22. The number of nitrogens with one attached hydrogen (secondary N) is 2. The van der Waals surface area contributed by atoms with Crippen LogP contribution in [0.5, 0.6) is 5.75 Å². The minimum atomic E-state index is -1.97. The van der Waals surface area contributed by atoms with E-state index >= 15 is 0 Å². The average Bonchev–Trinajstić information content (AvgIpc) is 3.65. The lowest BCUT2D eigenvalue weighted by Gasteiger charge is -2.38. The molecule has 3 aromatic carbocycles. The molecule has 1 aliphatic heterocycles. The number of benzene rings is 3. The molecule has 1 aliphatic carbocycles. The number of aromatic nitrogens is 2. The van der Waals surface area contributed by atoms with Crippen LogP contribution in [0.1, 0.15) is 53.9 Å². The number of imide groups is 1. The van der Waals surface area contributed by atoms with Crippen LogP contribution in [0.2, 0.25) is 18.1 Å². The topological polar surface area (TPSA) is 85.3 Å². The predicted molar refractivity (Wildman–Crippen MR) is 162 cm³/mol. The van der Waals surface area contributed by atoms with Crippen LogP contribution in [-0.2, 0) is 4.43 Å². The van der Waals surface area contributed by atoms with E-state index in [-0.39, 0.29) is 29.0 Å². The lowest BCUT2D eigenvalue weighted by atomic mass is 9.96. The van der Waals surface area contributed by atoms with Gasteiger partial charge < -0.3 is 18.7 Å². The average molecular weight is 552 g/mol.